The number of piperidine rings is 1. The normalized spacial score (nSPS) is 33.6. The standard InChI is InChI=1S/C13H25NO/c1-13(15,11-7-3-2-4-8-11)12-9-5-6-10-14-12/h11-12,14-15H,2-10H2,1H3. The van der Waals surface area contributed by atoms with E-state index in [9.17, 15) is 5.11 Å². The summed E-state index contributed by atoms with van der Waals surface area (Å²) in [6, 6.07) is 0.342. The summed E-state index contributed by atoms with van der Waals surface area (Å²) in [5, 5.41) is 14.2. The average Bonchev–Trinajstić information content (AvgIpc) is 2.31. The first-order valence-corrected chi connectivity index (χ1v) is 6.67. The Balaban J connectivity index is 1.96. The van der Waals surface area contributed by atoms with Gasteiger partial charge in [0, 0.05) is 6.04 Å². The van der Waals surface area contributed by atoms with Gasteiger partial charge in [0.25, 0.3) is 0 Å². The number of nitrogens with one attached hydrogen (secondary N) is 1. The molecule has 2 heteroatoms. The Bertz CT molecular complexity index is 171. The summed E-state index contributed by atoms with van der Waals surface area (Å²) in [5.74, 6) is 0.529. The fraction of sp³-hybridized carbons (Fsp3) is 1.00. The Hall–Kier alpha value is -0.0800. The molecule has 1 aliphatic carbocycles. The van der Waals surface area contributed by atoms with E-state index in [0.29, 0.717) is 12.0 Å². The maximum Gasteiger partial charge on any atom is 0.0799 e. The molecule has 1 saturated carbocycles. The Morgan fingerprint density at radius 2 is 1.67 bits per heavy atom. The molecule has 2 N–H and O–H groups in total. The Kier molecular flexibility index (Phi) is 3.68. The van der Waals surface area contributed by atoms with Crippen molar-refractivity contribution < 1.29 is 5.11 Å². The van der Waals surface area contributed by atoms with Crippen molar-refractivity contribution in [1.29, 1.82) is 0 Å². The van der Waals surface area contributed by atoms with Gasteiger partial charge in [-0.25, -0.2) is 0 Å². The van der Waals surface area contributed by atoms with Gasteiger partial charge in [-0.2, -0.15) is 0 Å². The molecule has 0 amide bonds. The highest BCUT2D eigenvalue weighted by atomic mass is 16.3. The predicted octanol–water partition coefficient (Wildman–Crippen LogP) is 2.46. The molecule has 2 fully saturated rings. The summed E-state index contributed by atoms with van der Waals surface area (Å²) < 4.78 is 0. The number of aliphatic hydroxyl groups is 1. The van der Waals surface area contributed by atoms with Gasteiger partial charge in [0.2, 0.25) is 0 Å². The minimum atomic E-state index is -0.471. The molecular formula is C13H25NO. The summed E-state index contributed by atoms with van der Waals surface area (Å²) in [6.45, 7) is 3.15. The lowest BCUT2D eigenvalue weighted by atomic mass is 9.72. The summed E-state index contributed by atoms with van der Waals surface area (Å²) in [5.41, 5.74) is -0.471. The molecule has 1 heterocycles. The molecule has 0 bridgehead atoms. The summed E-state index contributed by atoms with van der Waals surface area (Å²) in [4.78, 5) is 0. The van der Waals surface area contributed by atoms with E-state index < -0.39 is 5.60 Å². The van der Waals surface area contributed by atoms with Crippen molar-refractivity contribution in [2.45, 2.75) is 69.9 Å². The highest BCUT2D eigenvalue weighted by Crippen LogP contribution is 2.36. The van der Waals surface area contributed by atoms with Crippen LogP contribution in [0.4, 0.5) is 0 Å². The molecule has 15 heavy (non-hydrogen) atoms. The van der Waals surface area contributed by atoms with E-state index in [0.717, 1.165) is 13.0 Å². The minimum Gasteiger partial charge on any atom is -0.388 e. The smallest absolute Gasteiger partial charge is 0.0799 e. The first-order chi connectivity index (χ1) is 7.21. The third-order valence-electron chi connectivity index (χ3n) is 4.45. The SMILES string of the molecule is CC(O)(C1CCCCC1)C1CCCCN1. The van der Waals surface area contributed by atoms with Crippen molar-refractivity contribution in [1.82, 2.24) is 5.32 Å². The maximum absolute atomic E-state index is 10.7. The first-order valence-electron chi connectivity index (χ1n) is 6.67. The molecule has 0 aromatic carbocycles. The fourth-order valence-electron chi connectivity index (χ4n) is 3.32. The molecule has 0 spiro atoms. The summed E-state index contributed by atoms with van der Waals surface area (Å²) in [7, 11) is 0. The largest absolute Gasteiger partial charge is 0.388 e. The van der Waals surface area contributed by atoms with Crippen LogP contribution in [0.3, 0.4) is 0 Å². The van der Waals surface area contributed by atoms with Gasteiger partial charge in [-0.05, 0) is 45.1 Å². The molecule has 2 atom stereocenters. The van der Waals surface area contributed by atoms with E-state index in [1.165, 1.54) is 44.9 Å². The van der Waals surface area contributed by atoms with Crippen LogP contribution in [0.5, 0.6) is 0 Å². The number of rotatable bonds is 2. The van der Waals surface area contributed by atoms with Gasteiger partial charge in [0.05, 0.1) is 5.60 Å². The monoisotopic (exact) mass is 211 g/mol. The second-order valence-electron chi connectivity index (χ2n) is 5.56. The summed E-state index contributed by atoms with van der Waals surface area (Å²) >= 11 is 0. The predicted molar refractivity (Wildman–Crippen MR) is 62.8 cm³/mol. The lowest BCUT2D eigenvalue weighted by molar-refractivity contribution is -0.0541. The van der Waals surface area contributed by atoms with E-state index in [-0.39, 0.29) is 0 Å². The van der Waals surface area contributed by atoms with Crippen LogP contribution in [0.2, 0.25) is 0 Å². The molecule has 1 saturated heterocycles. The molecule has 0 radical (unpaired) electrons. The zero-order valence-corrected chi connectivity index (χ0v) is 9.97. The molecule has 1 aliphatic heterocycles. The Labute approximate surface area is 93.5 Å². The van der Waals surface area contributed by atoms with Gasteiger partial charge >= 0.3 is 0 Å². The van der Waals surface area contributed by atoms with Crippen molar-refractivity contribution in [3.05, 3.63) is 0 Å². The molecule has 0 aromatic heterocycles. The topological polar surface area (TPSA) is 32.3 Å². The second kappa shape index (κ2) is 4.84. The summed E-state index contributed by atoms with van der Waals surface area (Å²) in [6.07, 6.45) is 10.2. The lowest BCUT2D eigenvalue weighted by Gasteiger charge is -2.43. The van der Waals surface area contributed by atoms with Crippen LogP contribution < -0.4 is 5.32 Å². The molecular weight excluding hydrogens is 186 g/mol. The average molecular weight is 211 g/mol. The van der Waals surface area contributed by atoms with Gasteiger partial charge in [-0.15, -0.1) is 0 Å². The number of hydrogen-bond acceptors (Lipinski definition) is 2. The van der Waals surface area contributed by atoms with Gasteiger partial charge in [0.15, 0.2) is 0 Å². The van der Waals surface area contributed by atoms with E-state index in [2.05, 4.69) is 12.2 Å². The highest BCUT2D eigenvalue weighted by Gasteiger charge is 2.40. The van der Waals surface area contributed by atoms with Gasteiger partial charge in [-0.1, -0.05) is 25.7 Å². The fourth-order valence-corrected chi connectivity index (χ4v) is 3.32. The third-order valence-corrected chi connectivity index (χ3v) is 4.45. The van der Waals surface area contributed by atoms with Gasteiger partial charge in [-0.3, -0.25) is 0 Å². The highest BCUT2D eigenvalue weighted by molar-refractivity contribution is 4.95. The molecule has 2 aliphatic rings. The zero-order valence-electron chi connectivity index (χ0n) is 9.97. The van der Waals surface area contributed by atoms with Crippen LogP contribution >= 0.6 is 0 Å². The van der Waals surface area contributed by atoms with Crippen LogP contribution in [0.25, 0.3) is 0 Å². The van der Waals surface area contributed by atoms with Crippen LogP contribution in [0.1, 0.15) is 58.3 Å². The molecule has 2 unspecified atom stereocenters. The lowest BCUT2D eigenvalue weighted by Crippen LogP contribution is -2.55. The van der Waals surface area contributed by atoms with E-state index in [1.807, 2.05) is 0 Å². The third kappa shape index (κ3) is 2.54. The molecule has 2 nitrogen and oxygen atoms in total. The van der Waals surface area contributed by atoms with Crippen molar-refractivity contribution in [2.75, 3.05) is 6.54 Å². The Morgan fingerprint density at radius 1 is 1.00 bits per heavy atom. The van der Waals surface area contributed by atoms with E-state index in [1.54, 1.807) is 0 Å². The minimum absolute atomic E-state index is 0.342. The maximum atomic E-state index is 10.7. The first kappa shape index (κ1) is 11.4. The molecule has 2 rings (SSSR count). The van der Waals surface area contributed by atoms with E-state index in [4.69, 9.17) is 0 Å². The van der Waals surface area contributed by atoms with E-state index >= 15 is 0 Å². The van der Waals surface area contributed by atoms with Crippen LogP contribution in [0, 0.1) is 5.92 Å². The zero-order chi connectivity index (χ0) is 10.7. The van der Waals surface area contributed by atoms with Crippen LogP contribution in [-0.4, -0.2) is 23.3 Å². The van der Waals surface area contributed by atoms with Crippen molar-refractivity contribution in [3.8, 4) is 0 Å². The van der Waals surface area contributed by atoms with Crippen LogP contribution in [0.15, 0.2) is 0 Å². The van der Waals surface area contributed by atoms with Crippen molar-refractivity contribution in [2.24, 2.45) is 5.92 Å². The van der Waals surface area contributed by atoms with Crippen molar-refractivity contribution in [3.63, 3.8) is 0 Å². The number of hydrogen-bond donors (Lipinski definition) is 2. The van der Waals surface area contributed by atoms with Gasteiger partial charge in [0.1, 0.15) is 0 Å². The molecule has 88 valence electrons. The Morgan fingerprint density at radius 3 is 2.27 bits per heavy atom. The quantitative estimate of drug-likeness (QED) is 0.735. The molecule has 0 aromatic rings. The van der Waals surface area contributed by atoms with Crippen LogP contribution in [-0.2, 0) is 0 Å². The second-order valence-corrected chi connectivity index (χ2v) is 5.56. The van der Waals surface area contributed by atoms with Crippen molar-refractivity contribution >= 4 is 0 Å². The van der Waals surface area contributed by atoms with Gasteiger partial charge < -0.3 is 10.4 Å².